The number of nitrogens with zero attached hydrogens (tertiary/aromatic N) is 3. The van der Waals surface area contributed by atoms with Crippen molar-refractivity contribution in [3.8, 4) is 5.69 Å². The average Bonchev–Trinajstić information content (AvgIpc) is 3.59. The molecule has 1 aliphatic heterocycles. The van der Waals surface area contributed by atoms with Gasteiger partial charge in [-0.1, -0.05) is 61.3 Å². The van der Waals surface area contributed by atoms with Gasteiger partial charge in [0.2, 0.25) is 0 Å². The first-order chi connectivity index (χ1) is 24.5. The van der Waals surface area contributed by atoms with Crippen LogP contribution >= 0.6 is 23.2 Å². The Morgan fingerprint density at radius 1 is 0.904 bits per heavy atom. The lowest BCUT2D eigenvalue weighted by atomic mass is 9.77. The van der Waals surface area contributed by atoms with Crippen molar-refractivity contribution in [2.24, 2.45) is 5.92 Å². The molecule has 0 aliphatic carbocycles. The van der Waals surface area contributed by atoms with E-state index in [-0.39, 0.29) is 11.9 Å². The van der Waals surface area contributed by atoms with Crippen LogP contribution in [0.3, 0.4) is 0 Å². The maximum absolute atomic E-state index is 12.4. The summed E-state index contributed by atoms with van der Waals surface area (Å²) in [6.45, 7) is 8.28. The molecule has 2 atom stereocenters. The van der Waals surface area contributed by atoms with Gasteiger partial charge < -0.3 is 35.2 Å². The van der Waals surface area contributed by atoms with Crippen LogP contribution in [0.2, 0.25) is 10.0 Å². The van der Waals surface area contributed by atoms with E-state index < -0.39 is 48.1 Å². The highest BCUT2D eigenvalue weighted by Gasteiger charge is 2.41. The number of esters is 1. The molecule has 52 heavy (non-hydrogen) atoms. The molecule has 1 saturated heterocycles. The highest BCUT2D eigenvalue weighted by molar-refractivity contribution is 6.42. The second kappa shape index (κ2) is 19.2. The first kappa shape index (κ1) is 42.4. The Morgan fingerprint density at radius 2 is 1.50 bits per heavy atom. The highest BCUT2D eigenvalue weighted by atomic mass is 35.5. The quantitative estimate of drug-likeness (QED) is 0.107. The number of carboxylic acids is 3. The number of aliphatic carboxylic acids is 3. The minimum Gasteiger partial charge on any atom is -0.481 e. The fourth-order valence-electron chi connectivity index (χ4n) is 6.63. The molecule has 4 rings (SSSR count). The summed E-state index contributed by atoms with van der Waals surface area (Å²) in [5.74, 6) is -5.23. The van der Waals surface area contributed by atoms with Crippen LogP contribution in [0.15, 0.2) is 60.8 Å². The normalized spacial score (nSPS) is 15.2. The summed E-state index contributed by atoms with van der Waals surface area (Å²) in [5.41, 5.74) is -0.674. The summed E-state index contributed by atoms with van der Waals surface area (Å²) in [7, 11) is 0. The number of aliphatic hydroxyl groups is 2. The van der Waals surface area contributed by atoms with Crippen molar-refractivity contribution < 1.29 is 49.4 Å². The molecule has 3 aromatic rings. The Labute approximate surface area is 312 Å². The first-order valence-electron chi connectivity index (χ1n) is 17.1. The van der Waals surface area contributed by atoms with Crippen LogP contribution in [-0.4, -0.2) is 94.9 Å². The van der Waals surface area contributed by atoms with Crippen molar-refractivity contribution in [2.75, 3.05) is 19.6 Å². The van der Waals surface area contributed by atoms with Crippen LogP contribution < -0.4 is 0 Å². The molecule has 5 N–H and O–H groups in total. The van der Waals surface area contributed by atoms with Crippen molar-refractivity contribution in [3.63, 3.8) is 0 Å². The van der Waals surface area contributed by atoms with Crippen LogP contribution in [0.4, 0.5) is 0 Å². The molecule has 1 aromatic heterocycles. The molecular weight excluding hydrogens is 717 g/mol. The van der Waals surface area contributed by atoms with E-state index in [4.69, 9.17) is 48.4 Å². The van der Waals surface area contributed by atoms with Gasteiger partial charge in [-0.25, -0.2) is 9.48 Å². The zero-order valence-electron chi connectivity index (χ0n) is 29.5. The highest BCUT2D eigenvalue weighted by Crippen LogP contribution is 2.40. The fourth-order valence-corrected chi connectivity index (χ4v) is 6.94. The lowest BCUT2D eigenvalue weighted by Gasteiger charge is -2.41. The number of aromatic nitrogens is 2. The molecule has 0 radical (unpaired) electrons. The number of carboxylic acid groups (broad SMARTS) is 3. The van der Waals surface area contributed by atoms with E-state index in [9.17, 15) is 24.3 Å². The van der Waals surface area contributed by atoms with E-state index in [2.05, 4.69) is 23.8 Å². The average molecular weight is 765 g/mol. The summed E-state index contributed by atoms with van der Waals surface area (Å²) in [6, 6.07) is 17.4. The number of para-hydroxylation sites is 1. The summed E-state index contributed by atoms with van der Waals surface area (Å²) in [6.07, 6.45) is 3.13. The molecule has 2 unspecified atom stereocenters. The lowest BCUT2D eigenvalue weighted by Crippen LogP contribution is -2.45. The van der Waals surface area contributed by atoms with Gasteiger partial charge >= 0.3 is 23.9 Å². The Kier molecular flexibility index (Phi) is 15.6. The third kappa shape index (κ3) is 11.5. The van der Waals surface area contributed by atoms with Gasteiger partial charge in [-0.15, -0.1) is 0 Å². The molecule has 1 fully saturated rings. The van der Waals surface area contributed by atoms with Crippen molar-refractivity contribution in [1.29, 1.82) is 0 Å². The number of piperidine rings is 1. The molecule has 0 saturated carbocycles. The predicted molar refractivity (Wildman–Crippen MR) is 194 cm³/mol. The first-order valence-corrected chi connectivity index (χ1v) is 17.8. The second-order valence-electron chi connectivity index (χ2n) is 13.0. The third-order valence-electron chi connectivity index (χ3n) is 9.61. The van der Waals surface area contributed by atoms with Crippen molar-refractivity contribution in [3.05, 3.63) is 82.1 Å². The van der Waals surface area contributed by atoms with Gasteiger partial charge in [0.15, 0.2) is 11.7 Å². The van der Waals surface area contributed by atoms with Crippen molar-refractivity contribution in [2.45, 2.75) is 88.9 Å². The standard InChI is InChI=1S/C31H39Cl2N3O3.C6H8O7/c1-4-31(38,5-2)24-14-18-35(19-15-24)20-16-26(23-11-12-27(32)28(33)21-23)30(39-22(3)37)29-13-17-34-36(29)25-9-7-6-8-10-25;7-3(8)1-6(13,5(11)12)2-4(9)10/h6-13,17,21,24,26,30,38H,4-5,14-16,18-20H2,1-3H3;13H,1-2H2,(H,7,8)(H,9,10)(H,11,12). The van der Waals surface area contributed by atoms with Crippen LogP contribution in [-0.2, 0) is 23.9 Å². The SMILES string of the molecule is CCC(O)(CC)C1CCN(CCC(c2ccc(Cl)c(Cl)c2)C(OC(C)=O)c2ccnn2-c2ccccc2)CC1.O=C(O)CC(O)(CC(=O)O)C(=O)O. The van der Waals surface area contributed by atoms with E-state index >= 15 is 0 Å². The number of ether oxygens (including phenoxy) is 1. The van der Waals surface area contributed by atoms with Crippen molar-refractivity contribution >= 4 is 47.1 Å². The largest absolute Gasteiger partial charge is 0.481 e. The Balaban J connectivity index is 0.000000478. The lowest BCUT2D eigenvalue weighted by molar-refractivity contribution is -0.170. The van der Waals surface area contributed by atoms with Gasteiger partial charge in [0, 0.05) is 19.0 Å². The fraction of sp³-hybridized carbons (Fsp3) is 0.486. The maximum atomic E-state index is 12.4. The molecule has 1 aliphatic rings. The number of halogens is 2. The van der Waals surface area contributed by atoms with E-state index in [0.717, 1.165) is 68.7 Å². The van der Waals surface area contributed by atoms with Gasteiger partial charge in [-0.3, -0.25) is 14.4 Å². The van der Waals surface area contributed by atoms with Gasteiger partial charge in [0.05, 0.1) is 39.9 Å². The number of carbonyl (C=O) groups excluding carboxylic acids is 1. The van der Waals surface area contributed by atoms with Gasteiger partial charge in [0.25, 0.3) is 0 Å². The van der Waals surface area contributed by atoms with Crippen LogP contribution in [0.5, 0.6) is 0 Å². The topological polar surface area (TPSA) is 200 Å². The monoisotopic (exact) mass is 763 g/mol. The van der Waals surface area contributed by atoms with E-state index in [1.165, 1.54) is 6.92 Å². The van der Waals surface area contributed by atoms with E-state index in [1.54, 1.807) is 12.3 Å². The molecular formula is C37H47Cl2N3O10. The van der Waals surface area contributed by atoms with E-state index in [1.807, 2.05) is 53.2 Å². The Bertz CT molecular complexity index is 1640. The van der Waals surface area contributed by atoms with E-state index in [0.29, 0.717) is 16.0 Å². The molecule has 0 spiro atoms. The zero-order chi connectivity index (χ0) is 38.6. The minimum absolute atomic E-state index is 0.177. The molecule has 2 heterocycles. The second-order valence-corrected chi connectivity index (χ2v) is 13.8. The zero-order valence-corrected chi connectivity index (χ0v) is 31.0. The van der Waals surface area contributed by atoms with Gasteiger partial charge in [-0.2, -0.15) is 5.10 Å². The number of hydrogen-bond donors (Lipinski definition) is 5. The Morgan fingerprint density at radius 3 is 2.00 bits per heavy atom. The molecule has 13 nitrogen and oxygen atoms in total. The molecule has 0 amide bonds. The van der Waals surface area contributed by atoms with Gasteiger partial charge in [-0.05, 0) is 93.6 Å². The van der Waals surface area contributed by atoms with Gasteiger partial charge in [0.1, 0.15) is 0 Å². The Hall–Kier alpha value is -4.01. The third-order valence-corrected chi connectivity index (χ3v) is 10.3. The molecule has 2 aromatic carbocycles. The summed E-state index contributed by atoms with van der Waals surface area (Å²) < 4.78 is 7.88. The van der Waals surface area contributed by atoms with Crippen LogP contribution in [0.25, 0.3) is 5.69 Å². The summed E-state index contributed by atoms with van der Waals surface area (Å²) in [4.78, 5) is 45.3. The molecule has 15 heteroatoms. The van der Waals surface area contributed by atoms with Crippen LogP contribution in [0, 0.1) is 5.92 Å². The maximum Gasteiger partial charge on any atom is 0.336 e. The number of benzene rings is 2. The van der Waals surface area contributed by atoms with Crippen LogP contribution in [0.1, 0.15) is 89.0 Å². The number of likely N-dealkylation sites (tertiary alicyclic amines) is 1. The number of rotatable bonds is 16. The summed E-state index contributed by atoms with van der Waals surface area (Å²) >= 11 is 12.7. The number of hydrogen-bond acceptors (Lipinski definition) is 9. The van der Waals surface area contributed by atoms with Crippen molar-refractivity contribution in [1.82, 2.24) is 14.7 Å². The number of carbonyl (C=O) groups is 4. The molecule has 0 bridgehead atoms. The summed E-state index contributed by atoms with van der Waals surface area (Å²) in [5, 5.41) is 50.4. The smallest absolute Gasteiger partial charge is 0.336 e. The molecule has 284 valence electrons. The minimum atomic E-state index is -2.74. The predicted octanol–water partition coefficient (Wildman–Crippen LogP) is 5.97.